The topological polar surface area (TPSA) is 329 Å². The average molecular weight is 704 g/mol. The number of ether oxygens (including phenoxy) is 8. The van der Waals surface area contributed by atoms with Gasteiger partial charge in [-0.25, -0.2) is 4.99 Å². The van der Waals surface area contributed by atoms with Crippen molar-refractivity contribution in [3.63, 3.8) is 0 Å². The van der Waals surface area contributed by atoms with Gasteiger partial charge < -0.3 is 99.2 Å². The molecule has 0 bridgehead atoms. The first-order valence-electron chi connectivity index (χ1n) is 15.4. The second-order valence-electron chi connectivity index (χ2n) is 12.6. The van der Waals surface area contributed by atoms with Gasteiger partial charge in [0, 0.05) is 6.92 Å². The molecule has 0 amide bonds. The SMILES string of the molecule is CC1=NC2[C@@H](O1)OC(CO)[C@@H](O[C@@H]1OC(C)(CO)[C@@H](O)[C@H](O[C@H]3O[C@@H](CO)[C@@H](O)C(O)C3O[C@H]3O[C@@H](CO)[C@@H](O)C(O)C3O)C1O)[C@@H]2O. The van der Waals surface area contributed by atoms with Gasteiger partial charge >= 0.3 is 0 Å². The smallest absolute Gasteiger partial charge is 0.227 e. The van der Waals surface area contributed by atoms with E-state index < -0.39 is 149 Å². The molecular formula is C27H45NO20. The van der Waals surface area contributed by atoms with Crippen molar-refractivity contribution in [3.8, 4) is 0 Å². The number of hydrogen-bond acceptors (Lipinski definition) is 21. The van der Waals surface area contributed by atoms with E-state index in [1.807, 2.05) is 0 Å². The summed E-state index contributed by atoms with van der Waals surface area (Å²) in [6, 6.07) is -0.973. The Labute approximate surface area is 273 Å². The lowest BCUT2D eigenvalue weighted by Gasteiger charge is -2.51. The zero-order valence-electron chi connectivity index (χ0n) is 25.9. The Morgan fingerprint density at radius 3 is 1.77 bits per heavy atom. The molecule has 5 aliphatic rings. The minimum absolute atomic E-state index is 0.209. The van der Waals surface area contributed by atoms with Crippen LogP contribution in [0.5, 0.6) is 0 Å². The van der Waals surface area contributed by atoms with Crippen molar-refractivity contribution in [2.75, 3.05) is 26.4 Å². The first kappa shape index (κ1) is 38.0. The maximum absolute atomic E-state index is 11.4. The van der Waals surface area contributed by atoms with Crippen LogP contribution in [0.4, 0.5) is 0 Å². The number of rotatable bonds is 10. The van der Waals surface area contributed by atoms with Crippen molar-refractivity contribution in [2.45, 2.75) is 136 Å². The van der Waals surface area contributed by atoms with Crippen molar-refractivity contribution in [1.29, 1.82) is 0 Å². The summed E-state index contributed by atoms with van der Waals surface area (Å²) in [5.41, 5.74) is -1.94. The molecule has 8 unspecified atom stereocenters. The molecule has 48 heavy (non-hydrogen) atoms. The molecule has 278 valence electrons. The van der Waals surface area contributed by atoms with Crippen molar-refractivity contribution in [2.24, 2.45) is 4.99 Å². The molecule has 20 atom stereocenters. The maximum Gasteiger partial charge on any atom is 0.227 e. The quantitative estimate of drug-likeness (QED) is 0.100. The predicted octanol–water partition coefficient (Wildman–Crippen LogP) is -7.89. The maximum atomic E-state index is 11.4. The van der Waals surface area contributed by atoms with E-state index in [-0.39, 0.29) is 5.90 Å². The van der Waals surface area contributed by atoms with E-state index in [9.17, 15) is 61.3 Å². The molecule has 0 aliphatic carbocycles. The first-order chi connectivity index (χ1) is 22.7. The largest absolute Gasteiger partial charge is 0.450 e. The summed E-state index contributed by atoms with van der Waals surface area (Å²) >= 11 is 0. The van der Waals surface area contributed by atoms with E-state index in [0.717, 1.165) is 0 Å². The first-order valence-corrected chi connectivity index (χ1v) is 15.4. The monoisotopic (exact) mass is 703 g/mol. The summed E-state index contributed by atoms with van der Waals surface area (Å²) in [6.45, 7) is -0.468. The van der Waals surface area contributed by atoms with Crippen LogP contribution in [0.3, 0.4) is 0 Å². The van der Waals surface area contributed by atoms with Crippen molar-refractivity contribution < 1.29 is 99.2 Å². The Hall–Kier alpha value is -1.29. The average Bonchev–Trinajstić information content (AvgIpc) is 3.46. The highest BCUT2D eigenvalue weighted by molar-refractivity contribution is 5.75. The van der Waals surface area contributed by atoms with Gasteiger partial charge in [0.05, 0.1) is 26.4 Å². The third kappa shape index (κ3) is 6.97. The van der Waals surface area contributed by atoms with Crippen LogP contribution in [0.15, 0.2) is 4.99 Å². The Bertz CT molecular complexity index is 1100. The molecule has 0 aromatic carbocycles. The number of aliphatic imine (C=N–C) groups is 1. The highest BCUT2D eigenvalue weighted by Gasteiger charge is 2.58. The summed E-state index contributed by atoms with van der Waals surface area (Å²) in [5.74, 6) is 0.209. The van der Waals surface area contributed by atoms with Gasteiger partial charge in [-0.1, -0.05) is 0 Å². The molecule has 4 saturated heterocycles. The molecular weight excluding hydrogens is 658 g/mol. The zero-order valence-corrected chi connectivity index (χ0v) is 25.9. The van der Waals surface area contributed by atoms with Crippen LogP contribution in [0.25, 0.3) is 0 Å². The lowest BCUT2D eigenvalue weighted by atomic mass is 9.88. The van der Waals surface area contributed by atoms with Crippen LogP contribution < -0.4 is 0 Å². The highest BCUT2D eigenvalue weighted by atomic mass is 16.8. The number of aliphatic hydroxyl groups excluding tert-OH is 12. The van der Waals surface area contributed by atoms with Crippen molar-refractivity contribution in [1.82, 2.24) is 0 Å². The van der Waals surface area contributed by atoms with E-state index in [4.69, 9.17) is 37.9 Å². The van der Waals surface area contributed by atoms with Crippen LogP contribution in [-0.2, 0) is 37.9 Å². The van der Waals surface area contributed by atoms with Gasteiger partial charge in [0.2, 0.25) is 6.29 Å². The fourth-order valence-electron chi connectivity index (χ4n) is 6.31. The van der Waals surface area contributed by atoms with Gasteiger partial charge in [0.25, 0.3) is 0 Å². The number of nitrogens with zero attached hydrogens (tertiary/aromatic N) is 1. The molecule has 0 aromatic heterocycles. The van der Waals surface area contributed by atoms with Crippen LogP contribution in [0, 0.1) is 0 Å². The van der Waals surface area contributed by atoms with Crippen LogP contribution >= 0.6 is 0 Å². The zero-order chi connectivity index (χ0) is 35.2. The van der Waals surface area contributed by atoms with E-state index >= 15 is 0 Å². The van der Waals surface area contributed by atoms with Crippen LogP contribution in [0.2, 0.25) is 0 Å². The van der Waals surface area contributed by atoms with Gasteiger partial charge in [0.1, 0.15) is 97.1 Å². The third-order valence-electron chi connectivity index (χ3n) is 9.24. The molecule has 0 aromatic rings. The summed E-state index contributed by atoms with van der Waals surface area (Å²) in [6.07, 6.45) is -30.6. The molecule has 21 nitrogen and oxygen atoms in total. The number of fused-ring (bicyclic) bond motifs is 1. The summed E-state index contributed by atoms with van der Waals surface area (Å²) < 4.78 is 45.2. The molecule has 12 N–H and O–H groups in total. The Morgan fingerprint density at radius 2 is 1.17 bits per heavy atom. The normalized spacial score (nSPS) is 52.8. The van der Waals surface area contributed by atoms with Crippen LogP contribution in [0.1, 0.15) is 13.8 Å². The molecule has 4 fully saturated rings. The molecule has 0 radical (unpaired) electrons. The standard InChI is InChI=1S/C27H45NO20/c1-7-28-11-14(35)19(10(5-31)44-23(11)41-7)45-25-18(39)20(22(40)27(2,6-32)48-25)46-26-21(16(37)13(34)9(4-30)43-26)47-24-17(38)15(36)12(33)8(3-29)42-24/h8-26,29-40H,3-6H2,1-2H3/t8-,9-,10?,11?,12+,13+,14+,15?,16?,17?,18?,19+,20+,21?,22-,23-,24+,25+,26+,27?/m0/s1. The second-order valence-corrected chi connectivity index (χ2v) is 12.6. The summed E-state index contributed by atoms with van der Waals surface area (Å²) in [4.78, 5) is 4.16. The Morgan fingerprint density at radius 1 is 0.604 bits per heavy atom. The van der Waals surface area contributed by atoms with Crippen molar-refractivity contribution in [3.05, 3.63) is 0 Å². The third-order valence-corrected chi connectivity index (χ3v) is 9.24. The van der Waals surface area contributed by atoms with E-state index in [1.54, 1.807) is 0 Å². The van der Waals surface area contributed by atoms with E-state index in [2.05, 4.69) is 4.99 Å². The molecule has 5 aliphatic heterocycles. The Balaban J connectivity index is 1.40. The minimum atomic E-state index is -1.98. The lowest BCUT2D eigenvalue weighted by Crippen LogP contribution is -2.70. The predicted molar refractivity (Wildman–Crippen MR) is 148 cm³/mol. The molecule has 21 heteroatoms. The molecule has 5 rings (SSSR count). The highest BCUT2D eigenvalue weighted by Crippen LogP contribution is 2.38. The second kappa shape index (κ2) is 15.1. The van der Waals surface area contributed by atoms with Gasteiger partial charge in [-0.2, -0.15) is 0 Å². The number of aliphatic hydroxyl groups is 12. The van der Waals surface area contributed by atoms with Crippen molar-refractivity contribution >= 4 is 5.90 Å². The molecule has 0 saturated carbocycles. The van der Waals surface area contributed by atoms with Crippen LogP contribution in [-0.4, -0.2) is 216 Å². The summed E-state index contributed by atoms with van der Waals surface area (Å²) in [5, 5.41) is 126. The Kier molecular flexibility index (Phi) is 12.0. The fraction of sp³-hybridized carbons (Fsp3) is 0.963. The summed E-state index contributed by atoms with van der Waals surface area (Å²) in [7, 11) is 0. The van der Waals surface area contributed by atoms with Gasteiger partial charge in [0.15, 0.2) is 24.8 Å². The lowest BCUT2D eigenvalue weighted by molar-refractivity contribution is -0.403. The number of hydrogen-bond donors (Lipinski definition) is 12. The van der Waals surface area contributed by atoms with Gasteiger partial charge in [-0.3, -0.25) is 0 Å². The molecule has 0 spiro atoms. The van der Waals surface area contributed by atoms with E-state index in [0.29, 0.717) is 0 Å². The van der Waals surface area contributed by atoms with Gasteiger partial charge in [-0.15, -0.1) is 0 Å². The van der Waals surface area contributed by atoms with E-state index in [1.165, 1.54) is 13.8 Å². The molecule has 5 heterocycles. The van der Waals surface area contributed by atoms with Gasteiger partial charge in [-0.05, 0) is 6.92 Å². The fourth-order valence-corrected chi connectivity index (χ4v) is 6.31. The minimum Gasteiger partial charge on any atom is -0.450 e.